The fourth-order valence-electron chi connectivity index (χ4n) is 2.15. The molecule has 0 aliphatic heterocycles. The van der Waals surface area contributed by atoms with Crippen molar-refractivity contribution >= 4 is 29.4 Å². The minimum Gasteiger partial charge on any atom is -0.497 e. The van der Waals surface area contributed by atoms with E-state index in [4.69, 9.17) is 10.5 Å². The van der Waals surface area contributed by atoms with Crippen molar-refractivity contribution in [2.45, 2.75) is 23.6 Å². The Morgan fingerprint density at radius 2 is 1.92 bits per heavy atom. The lowest BCUT2D eigenvalue weighted by molar-refractivity contribution is -0.120. The molecule has 0 unspecified atom stereocenters. The Hall–Kier alpha value is -2.67. The van der Waals surface area contributed by atoms with E-state index in [-0.39, 0.29) is 11.2 Å². The number of ether oxygens (including phenoxy) is 1. The molecule has 4 N–H and O–H groups in total. The number of hydrogen-bond acceptors (Lipinski definition) is 4. The maximum Gasteiger partial charge on any atom is 0.316 e. The maximum absolute atomic E-state index is 12.3. The topological polar surface area (TPSA) is 93.4 Å². The predicted octanol–water partition coefficient (Wildman–Crippen LogP) is 2.98. The maximum atomic E-state index is 12.3. The van der Waals surface area contributed by atoms with Crippen LogP contribution in [0.15, 0.2) is 53.4 Å². The van der Waals surface area contributed by atoms with Gasteiger partial charge in [-0.15, -0.1) is 11.8 Å². The number of thioether (sulfide) groups is 1. The third kappa shape index (κ3) is 6.04. The number of amides is 3. The minimum atomic E-state index is -0.620. The largest absolute Gasteiger partial charge is 0.497 e. The molecule has 0 radical (unpaired) electrons. The van der Waals surface area contributed by atoms with Gasteiger partial charge in [-0.2, -0.15) is 0 Å². The van der Waals surface area contributed by atoms with E-state index in [9.17, 15) is 9.59 Å². The summed E-state index contributed by atoms with van der Waals surface area (Å²) in [6.07, 6.45) is 0. The zero-order valence-corrected chi connectivity index (χ0v) is 14.9. The van der Waals surface area contributed by atoms with Crippen LogP contribution in [-0.2, 0) is 11.3 Å². The highest BCUT2D eigenvalue weighted by molar-refractivity contribution is 8.00. The fourth-order valence-corrected chi connectivity index (χ4v) is 3.04. The van der Waals surface area contributed by atoms with Crippen molar-refractivity contribution in [3.63, 3.8) is 0 Å². The summed E-state index contributed by atoms with van der Waals surface area (Å²) in [4.78, 5) is 24.1. The van der Waals surface area contributed by atoms with Crippen molar-refractivity contribution in [3.05, 3.63) is 54.1 Å². The van der Waals surface area contributed by atoms with E-state index < -0.39 is 6.03 Å². The van der Waals surface area contributed by atoms with E-state index >= 15 is 0 Å². The number of benzene rings is 2. The Bertz CT molecular complexity index is 735. The predicted molar refractivity (Wildman–Crippen MR) is 99.8 cm³/mol. The first-order valence-electron chi connectivity index (χ1n) is 7.71. The Morgan fingerprint density at radius 1 is 1.20 bits per heavy atom. The molecule has 132 valence electrons. The first kappa shape index (κ1) is 18.7. The van der Waals surface area contributed by atoms with Crippen molar-refractivity contribution < 1.29 is 14.3 Å². The van der Waals surface area contributed by atoms with Crippen LogP contribution in [0.25, 0.3) is 0 Å². The summed E-state index contributed by atoms with van der Waals surface area (Å²) in [6, 6.07) is 14.1. The molecule has 0 aliphatic carbocycles. The number of hydrogen-bond donors (Lipinski definition) is 3. The van der Waals surface area contributed by atoms with Crippen molar-refractivity contribution in [2.24, 2.45) is 5.73 Å². The number of anilines is 1. The number of nitrogens with one attached hydrogen (secondary N) is 2. The van der Waals surface area contributed by atoms with Gasteiger partial charge in [0.1, 0.15) is 5.75 Å². The lowest BCUT2D eigenvalue weighted by Crippen LogP contribution is -2.30. The van der Waals surface area contributed by atoms with Crippen molar-refractivity contribution in [1.29, 1.82) is 0 Å². The Kier molecular flexibility index (Phi) is 6.71. The summed E-state index contributed by atoms with van der Waals surface area (Å²) in [6.45, 7) is 2.23. The van der Waals surface area contributed by atoms with Gasteiger partial charge >= 0.3 is 6.03 Å². The second-order valence-corrected chi connectivity index (χ2v) is 6.76. The molecule has 1 atom stereocenters. The standard InChI is InChI=1S/C18H21N3O3S/c1-12(25-16-8-6-15(24-2)7-9-16)17(22)20-11-13-4-3-5-14(10-13)21-18(19)23/h3-10,12H,11H2,1-2H3,(H,20,22)(H3,19,21,23)/t12-/m0/s1. The highest BCUT2D eigenvalue weighted by atomic mass is 32.2. The molecular weight excluding hydrogens is 338 g/mol. The molecular formula is C18H21N3O3S. The number of primary amides is 1. The number of methoxy groups -OCH3 is 1. The van der Waals surface area contributed by atoms with Crippen LogP contribution in [0.2, 0.25) is 0 Å². The zero-order valence-electron chi connectivity index (χ0n) is 14.1. The zero-order chi connectivity index (χ0) is 18.2. The van der Waals surface area contributed by atoms with Crippen LogP contribution in [0.5, 0.6) is 5.75 Å². The van der Waals surface area contributed by atoms with Gasteiger partial charge in [0.2, 0.25) is 5.91 Å². The number of carbonyl (C=O) groups is 2. The molecule has 2 aromatic carbocycles. The van der Waals surface area contributed by atoms with Crippen LogP contribution >= 0.6 is 11.8 Å². The third-order valence-corrected chi connectivity index (χ3v) is 4.51. The molecule has 0 saturated heterocycles. The summed E-state index contributed by atoms with van der Waals surface area (Å²) in [5.74, 6) is 0.722. The molecule has 0 fully saturated rings. The summed E-state index contributed by atoms with van der Waals surface area (Å²) in [5.41, 5.74) is 6.57. The highest BCUT2D eigenvalue weighted by Gasteiger charge is 2.14. The third-order valence-electron chi connectivity index (χ3n) is 3.40. The van der Waals surface area contributed by atoms with E-state index in [1.807, 2.05) is 37.3 Å². The molecule has 2 rings (SSSR count). The first-order chi connectivity index (χ1) is 12.0. The number of urea groups is 1. The minimum absolute atomic E-state index is 0.0610. The molecule has 0 heterocycles. The molecule has 0 saturated carbocycles. The van der Waals surface area contributed by atoms with Gasteiger partial charge in [0, 0.05) is 17.1 Å². The van der Waals surface area contributed by atoms with Crippen LogP contribution < -0.4 is 21.1 Å². The van der Waals surface area contributed by atoms with Gasteiger partial charge in [-0.1, -0.05) is 12.1 Å². The smallest absolute Gasteiger partial charge is 0.316 e. The molecule has 0 aromatic heterocycles. The van der Waals surface area contributed by atoms with Gasteiger partial charge in [-0.3, -0.25) is 4.79 Å². The average molecular weight is 359 g/mol. The molecule has 3 amide bonds. The number of carbonyl (C=O) groups excluding carboxylic acids is 2. The Morgan fingerprint density at radius 3 is 2.56 bits per heavy atom. The van der Waals surface area contributed by atoms with Gasteiger partial charge < -0.3 is 21.1 Å². The van der Waals surface area contributed by atoms with Gasteiger partial charge in [0.15, 0.2) is 0 Å². The lowest BCUT2D eigenvalue weighted by Gasteiger charge is -2.13. The van der Waals surface area contributed by atoms with Crippen LogP contribution in [0.4, 0.5) is 10.5 Å². The van der Waals surface area contributed by atoms with Crippen LogP contribution in [0.3, 0.4) is 0 Å². The molecule has 0 aliphatic rings. The van der Waals surface area contributed by atoms with Crippen molar-refractivity contribution in [1.82, 2.24) is 5.32 Å². The van der Waals surface area contributed by atoms with Crippen LogP contribution in [0, 0.1) is 0 Å². The van der Waals surface area contributed by atoms with E-state index in [1.165, 1.54) is 11.8 Å². The molecule has 0 spiro atoms. The fraction of sp³-hybridized carbons (Fsp3) is 0.222. The summed E-state index contributed by atoms with van der Waals surface area (Å²) in [7, 11) is 1.62. The van der Waals surface area contributed by atoms with E-state index in [0.29, 0.717) is 12.2 Å². The number of nitrogens with two attached hydrogens (primary N) is 1. The van der Waals surface area contributed by atoms with Crippen molar-refractivity contribution in [3.8, 4) is 5.75 Å². The second kappa shape index (κ2) is 8.98. The second-order valence-electron chi connectivity index (χ2n) is 5.34. The highest BCUT2D eigenvalue weighted by Crippen LogP contribution is 2.25. The molecule has 2 aromatic rings. The molecule has 7 heteroatoms. The van der Waals surface area contributed by atoms with Crippen molar-refractivity contribution in [2.75, 3.05) is 12.4 Å². The SMILES string of the molecule is COc1ccc(S[C@@H](C)C(=O)NCc2cccc(NC(N)=O)c2)cc1. The quantitative estimate of drug-likeness (QED) is 0.663. The first-order valence-corrected chi connectivity index (χ1v) is 8.59. The van der Waals surface area contributed by atoms with E-state index in [2.05, 4.69) is 10.6 Å². The van der Waals surface area contributed by atoms with Gasteiger partial charge in [-0.25, -0.2) is 4.79 Å². The van der Waals surface area contributed by atoms with E-state index in [1.54, 1.807) is 25.3 Å². The average Bonchev–Trinajstić information content (AvgIpc) is 2.60. The van der Waals surface area contributed by atoms with Gasteiger partial charge in [0.05, 0.1) is 12.4 Å². The van der Waals surface area contributed by atoms with E-state index in [0.717, 1.165) is 16.2 Å². The summed E-state index contributed by atoms with van der Waals surface area (Å²) < 4.78 is 5.12. The lowest BCUT2D eigenvalue weighted by atomic mass is 10.2. The van der Waals surface area contributed by atoms with Crippen LogP contribution in [-0.4, -0.2) is 24.3 Å². The molecule has 6 nitrogen and oxygen atoms in total. The Labute approximate surface area is 151 Å². The monoisotopic (exact) mass is 359 g/mol. The van der Waals surface area contributed by atoms with Crippen LogP contribution in [0.1, 0.15) is 12.5 Å². The molecule has 25 heavy (non-hydrogen) atoms. The summed E-state index contributed by atoms with van der Waals surface area (Å²) >= 11 is 1.48. The summed E-state index contributed by atoms with van der Waals surface area (Å²) in [5, 5.41) is 5.17. The Balaban J connectivity index is 1.87. The normalized spacial score (nSPS) is 11.4. The van der Waals surface area contributed by atoms with Gasteiger partial charge in [-0.05, 0) is 48.9 Å². The van der Waals surface area contributed by atoms with Gasteiger partial charge in [0.25, 0.3) is 0 Å². The number of rotatable bonds is 7. The molecule has 0 bridgehead atoms.